The van der Waals surface area contributed by atoms with Gasteiger partial charge in [-0.2, -0.15) is 0 Å². The second-order valence-corrected chi connectivity index (χ2v) is 19.4. The number of rotatable bonds is 14. The summed E-state index contributed by atoms with van der Waals surface area (Å²) < 4.78 is 1.55. The summed E-state index contributed by atoms with van der Waals surface area (Å²) in [4.78, 5) is 135. The molecular weight excluding hydrogens is 937 g/mol. The molecule has 72 heavy (non-hydrogen) atoms. The molecule has 7 bridgehead atoms. The minimum atomic E-state index is -1.47. The van der Waals surface area contributed by atoms with Gasteiger partial charge in [0.1, 0.15) is 48.4 Å². The highest BCUT2D eigenvalue weighted by molar-refractivity contribution is 5.99. The van der Waals surface area contributed by atoms with Crippen LogP contribution < -0.4 is 54.4 Å². The third-order valence-electron chi connectivity index (χ3n) is 12.5. The highest BCUT2D eigenvalue weighted by Gasteiger charge is 2.39. The maximum Gasteiger partial charge on any atom is 0.326 e. The largest absolute Gasteiger partial charge is 0.481 e. The summed E-state index contributed by atoms with van der Waals surface area (Å²) in [7, 11) is 0. The first-order valence-electron chi connectivity index (χ1n) is 24.0. The van der Waals surface area contributed by atoms with Crippen molar-refractivity contribution < 1.29 is 53.4 Å². The summed E-state index contributed by atoms with van der Waals surface area (Å²) in [6, 6.07) is -4.29. The number of benzene rings is 1. The average Bonchev–Trinajstić information content (AvgIpc) is 3.91. The summed E-state index contributed by atoms with van der Waals surface area (Å²) >= 11 is 0. The monoisotopic (exact) mass is 1000 g/mol. The van der Waals surface area contributed by atoms with E-state index in [0.29, 0.717) is 27.8 Å². The van der Waals surface area contributed by atoms with Gasteiger partial charge in [0.15, 0.2) is 5.96 Å². The van der Waals surface area contributed by atoms with Crippen LogP contribution in [0.1, 0.15) is 96.4 Å². The first kappa shape index (κ1) is 55.4. The number of imidazole rings is 1. The number of carbonyl (C=O) groups excluding carboxylic acids is 7. The Kier molecular flexibility index (Phi) is 18.8. The number of H-pyrrole nitrogens is 1. The number of nitrogens with two attached hydrogens (primary N) is 3. The van der Waals surface area contributed by atoms with Crippen molar-refractivity contribution in [1.29, 1.82) is 0 Å². The standard InChI is InChI=1S/C47H68N14O11/c1-21(2)14-31-43(68)59-37(23(5)6)44(69)58-32-17-27-26-10-9-24(36(22(3)4)38(45(70)57-31)60-40(65)28(48)11-12-35(63)64)15-30(26)55-39(27)61-19-25(53-20-61)16-33(46(71)72)54-34(62)18-52-41(66)29(56-42(32)67)8-7-13-51-47(49)50/h9-10,15,19-23,28-29,31-33,36-38,55H,7-8,11-14,16-18,48H2,1-6H3,(H,52,66)(H,54,62)(H,56,67)(H,57,70)(H,58,69)(H,59,68)(H,60,65)(H,63,64)(H,71,72)(H4,49,50,51)/t28-,29-,31-,32-,33-,36+,37-,38-/m0/s1. The Hall–Kier alpha value is -7.57. The van der Waals surface area contributed by atoms with E-state index < -0.39 is 126 Å². The van der Waals surface area contributed by atoms with Gasteiger partial charge in [-0.05, 0) is 55.1 Å². The van der Waals surface area contributed by atoms with Crippen molar-refractivity contribution in [3.05, 3.63) is 47.5 Å². The Morgan fingerprint density at radius 3 is 2.21 bits per heavy atom. The molecule has 0 saturated heterocycles. The quantitative estimate of drug-likeness (QED) is 0.0369. The molecule has 25 nitrogen and oxygen atoms in total. The molecule has 0 spiro atoms. The van der Waals surface area contributed by atoms with Gasteiger partial charge in [0.25, 0.3) is 0 Å². The van der Waals surface area contributed by atoms with Gasteiger partial charge in [0, 0.05) is 54.4 Å². The Balaban J connectivity index is 1.77. The van der Waals surface area contributed by atoms with Crippen molar-refractivity contribution in [3.8, 4) is 5.82 Å². The predicted octanol–water partition coefficient (Wildman–Crippen LogP) is -1.74. The first-order chi connectivity index (χ1) is 33.9. The zero-order valence-electron chi connectivity index (χ0n) is 41.2. The lowest BCUT2D eigenvalue weighted by atomic mass is 9.81. The molecule has 16 N–H and O–H groups in total. The lowest BCUT2D eigenvalue weighted by Gasteiger charge is -2.33. The summed E-state index contributed by atoms with van der Waals surface area (Å²) in [5.41, 5.74) is 18.9. The molecule has 3 aliphatic rings. The first-order valence-corrected chi connectivity index (χ1v) is 24.0. The van der Waals surface area contributed by atoms with Crippen LogP contribution in [0.5, 0.6) is 0 Å². The summed E-state index contributed by atoms with van der Waals surface area (Å²) in [6.07, 6.45) is 1.98. The minimum Gasteiger partial charge on any atom is -0.481 e. The third-order valence-corrected chi connectivity index (χ3v) is 12.5. The Morgan fingerprint density at radius 1 is 0.861 bits per heavy atom. The van der Waals surface area contributed by atoms with Gasteiger partial charge >= 0.3 is 11.9 Å². The number of hydrogen-bond donors (Lipinski definition) is 13. The van der Waals surface area contributed by atoms with Crippen molar-refractivity contribution in [3.63, 3.8) is 0 Å². The zero-order valence-corrected chi connectivity index (χ0v) is 41.2. The maximum atomic E-state index is 14.8. The fraction of sp³-hybridized carbons (Fsp3) is 0.553. The van der Waals surface area contributed by atoms with Crippen molar-refractivity contribution in [2.45, 2.75) is 135 Å². The number of aromatic amines is 1. The summed E-state index contributed by atoms with van der Waals surface area (Å²) in [6.45, 7) is 10.1. The molecular formula is C47H68N14O11. The average molecular weight is 1010 g/mol. The van der Waals surface area contributed by atoms with Crippen molar-refractivity contribution in [2.75, 3.05) is 13.1 Å². The fourth-order valence-electron chi connectivity index (χ4n) is 8.85. The smallest absolute Gasteiger partial charge is 0.326 e. The number of carboxylic acid groups (broad SMARTS) is 2. The molecule has 0 unspecified atom stereocenters. The number of guanidine groups is 1. The van der Waals surface area contributed by atoms with Gasteiger partial charge in [0.05, 0.1) is 18.3 Å². The Morgan fingerprint density at radius 2 is 1.57 bits per heavy atom. The summed E-state index contributed by atoms with van der Waals surface area (Å²) in [5, 5.41) is 38.7. The van der Waals surface area contributed by atoms with Gasteiger partial charge < -0.3 is 69.6 Å². The van der Waals surface area contributed by atoms with E-state index >= 15 is 0 Å². The number of carbonyl (C=O) groups is 9. The van der Waals surface area contributed by atoms with Crippen LogP contribution >= 0.6 is 0 Å². The molecule has 8 atom stereocenters. The zero-order chi connectivity index (χ0) is 53.1. The fourth-order valence-corrected chi connectivity index (χ4v) is 8.85. The number of hydrogen-bond acceptors (Lipinski definition) is 12. The molecule has 1 aromatic carbocycles. The van der Waals surface area contributed by atoms with Crippen molar-refractivity contribution >= 4 is 70.2 Å². The van der Waals surface area contributed by atoms with Gasteiger partial charge in [-0.3, -0.25) is 47.9 Å². The highest BCUT2D eigenvalue weighted by Crippen LogP contribution is 2.34. The lowest BCUT2D eigenvalue weighted by Crippen LogP contribution is -2.61. The Labute approximate surface area is 415 Å². The molecule has 0 aliphatic carbocycles. The number of fused-ring (bicyclic) bond motifs is 13. The third kappa shape index (κ3) is 14.5. The van der Waals surface area contributed by atoms with E-state index in [1.54, 1.807) is 36.6 Å². The molecule has 2 aromatic heterocycles. The Bertz CT molecular complexity index is 2550. The topological polar surface area (TPSA) is 402 Å². The molecule has 3 aliphatic heterocycles. The molecule has 0 radical (unpaired) electrons. The van der Waals surface area contributed by atoms with Crippen molar-refractivity contribution in [2.24, 2.45) is 39.9 Å². The van der Waals surface area contributed by atoms with Crippen molar-refractivity contribution in [1.82, 2.24) is 51.8 Å². The van der Waals surface area contributed by atoms with Crippen LogP contribution in [0.4, 0.5) is 0 Å². The molecule has 0 saturated carbocycles. The summed E-state index contributed by atoms with van der Waals surface area (Å²) in [5.74, 6) is -9.98. The van der Waals surface area contributed by atoms with Crippen LogP contribution in [-0.2, 0) is 56.0 Å². The van der Waals surface area contributed by atoms with Crippen LogP contribution in [0, 0.1) is 17.8 Å². The SMILES string of the molecule is CC(C)C[C@@H]1NC(=O)[C@@H](NC(=O)[C@@H](N)CCC(=O)O)[C@H](C(C)C)c2ccc3c4c([nH]c3c2)-n2cnc(c2)C[C@@H](C(=O)O)NC(=O)CNC(=O)[C@H](CCCN=C(N)N)NC(=O)[C@H](C4)NC(=O)[C@H](C(C)C)NC1=O. The molecule has 0 fully saturated rings. The van der Waals surface area contributed by atoms with Gasteiger partial charge in [0.2, 0.25) is 41.4 Å². The normalized spacial score (nSPS) is 23.1. The van der Waals surface area contributed by atoms with E-state index in [2.05, 4.69) is 52.2 Å². The van der Waals surface area contributed by atoms with Gasteiger partial charge in [-0.25, -0.2) is 9.78 Å². The van der Waals surface area contributed by atoms with E-state index in [1.807, 2.05) is 27.7 Å². The van der Waals surface area contributed by atoms with Crippen LogP contribution in [0.25, 0.3) is 16.7 Å². The second kappa shape index (κ2) is 24.5. The highest BCUT2D eigenvalue weighted by atomic mass is 16.4. The van der Waals surface area contributed by atoms with Crippen LogP contribution in [0.2, 0.25) is 0 Å². The van der Waals surface area contributed by atoms with E-state index in [9.17, 15) is 53.4 Å². The second-order valence-electron chi connectivity index (χ2n) is 19.4. The molecule has 3 aromatic rings. The molecule has 392 valence electrons. The number of nitrogens with one attached hydrogen (secondary N) is 8. The van der Waals surface area contributed by atoms with Gasteiger partial charge in [-0.15, -0.1) is 0 Å². The maximum absolute atomic E-state index is 14.8. The number of amides is 7. The predicted molar refractivity (Wildman–Crippen MR) is 262 cm³/mol. The number of carboxylic acids is 2. The van der Waals surface area contributed by atoms with E-state index in [4.69, 9.17) is 17.2 Å². The molecule has 25 heteroatoms. The number of nitrogens with zero attached hydrogens (tertiary/aromatic N) is 3. The molecule has 6 rings (SSSR count). The molecule has 7 amide bonds. The van der Waals surface area contributed by atoms with Crippen LogP contribution in [-0.4, -0.2) is 139 Å². The number of aliphatic carboxylic acids is 2. The number of aromatic nitrogens is 3. The lowest BCUT2D eigenvalue weighted by molar-refractivity contribution is -0.141. The number of aliphatic imine (C=N–C) groups is 1. The van der Waals surface area contributed by atoms with Crippen LogP contribution in [0.15, 0.2) is 35.7 Å². The molecule has 5 heterocycles. The minimum absolute atomic E-state index is 0.0482. The van der Waals surface area contributed by atoms with Crippen LogP contribution in [0.3, 0.4) is 0 Å². The van der Waals surface area contributed by atoms with E-state index in [-0.39, 0.29) is 62.6 Å². The van der Waals surface area contributed by atoms with E-state index in [1.165, 1.54) is 12.5 Å². The van der Waals surface area contributed by atoms with E-state index in [0.717, 1.165) is 0 Å². The van der Waals surface area contributed by atoms with Gasteiger partial charge in [-0.1, -0.05) is 53.7 Å².